The van der Waals surface area contributed by atoms with Crippen LogP contribution in [0.3, 0.4) is 0 Å². The summed E-state index contributed by atoms with van der Waals surface area (Å²) in [6, 6.07) is 7.87. The first-order chi connectivity index (χ1) is 15.3. The van der Waals surface area contributed by atoms with E-state index in [1.807, 2.05) is 20.8 Å². The van der Waals surface area contributed by atoms with Gasteiger partial charge in [-0.05, 0) is 52.0 Å². The lowest BCUT2D eigenvalue weighted by molar-refractivity contribution is -0.128. The molecule has 2 amide bonds. The molecule has 0 aliphatic rings. The Bertz CT molecular complexity index is 927. The molecule has 0 saturated carbocycles. The van der Waals surface area contributed by atoms with Gasteiger partial charge in [0.2, 0.25) is 5.75 Å². The largest absolute Gasteiger partial charge is 0.490 e. The Kier molecular flexibility index (Phi) is 9.74. The van der Waals surface area contributed by atoms with E-state index in [4.69, 9.17) is 42.1 Å². The standard InChI is InChI=1S/C22H26Cl2N2O6/c1-5-29-17-11-14(12-18(30-6-2)20(17)31-7-3)22(28)26-25-21(27)13(4)32-16-10-8-9-15(23)19(16)24/h8-13H,5-7H2,1-4H3,(H,25,27)(H,26,28). The van der Waals surface area contributed by atoms with Crippen molar-refractivity contribution in [2.24, 2.45) is 0 Å². The van der Waals surface area contributed by atoms with Crippen LogP contribution in [0.25, 0.3) is 0 Å². The topological polar surface area (TPSA) is 95.1 Å². The number of hydrogen-bond acceptors (Lipinski definition) is 6. The fraction of sp³-hybridized carbons (Fsp3) is 0.364. The fourth-order valence-corrected chi connectivity index (χ4v) is 2.97. The van der Waals surface area contributed by atoms with Gasteiger partial charge in [-0.15, -0.1) is 0 Å². The molecular weight excluding hydrogens is 459 g/mol. The molecule has 2 aromatic carbocycles. The van der Waals surface area contributed by atoms with E-state index in [0.29, 0.717) is 42.1 Å². The Morgan fingerprint density at radius 3 is 2.06 bits per heavy atom. The highest BCUT2D eigenvalue weighted by Gasteiger charge is 2.21. The average Bonchev–Trinajstić information content (AvgIpc) is 2.77. The third-order valence-corrected chi connectivity index (χ3v) is 4.86. The summed E-state index contributed by atoms with van der Waals surface area (Å²) in [5.74, 6) is 0.236. The zero-order chi connectivity index (χ0) is 23.7. The van der Waals surface area contributed by atoms with Crippen molar-refractivity contribution in [2.45, 2.75) is 33.8 Å². The molecule has 32 heavy (non-hydrogen) atoms. The third-order valence-electron chi connectivity index (χ3n) is 4.06. The van der Waals surface area contributed by atoms with Crippen LogP contribution in [0.1, 0.15) is 38.1 Å². The molecule has 0 aliphatic heterocycles. The molecule has 0 aliphatic carbocycles. The predicted molar refractivity (Wildman–Crippen MR) is 122 cm³/mol. The first-order valence-electron chi connectivity index (χ1n) is 10.1. The van der Waals surface area contributed by atoms with Crippen LogP contribution in [0.2, 0.25) is 10.0 Å². The number of rotatable bonds is 10. The van der Waals surface area contributed by atoms with Crippen molar-refractivity contribution in [1.29, 1.82) is 0 Å². The minimum absolute atomic E-state index is 0.194. The molecular formula is C22H26Cl2N2O6. The van der Waals surface area contributed by atoms with Crippen LogP contribution in [0.15, 0.2) is 30.3 Å². The van der Waals surface area contributed by atoms with Gasteiger partial charge in [0, 0.05) is 5.56 Å². The minimum atomic E-state index is -0.954. The van der Waals surface area contributed by atoms with Crippen molar-refractivity contribution < 1.29 is 28.5 Å². The quantitative estimate of drug-likeness (QED) is 0.484. The van der Waals surface area contributed by atoms with Gasteiger partial charge in [-0.2, -0.15) is 0 Å². The molecule has 0 spiro atoms. The summed E-state index contributed by atoms with van der Waals surface area (Å²) in [6.45, 7) is 8.11. The molecule has 2 aromatic rings. The highest BCUT2D eigenvalue weighted by molar-refractivity contribution is 6.42. The molecule has 0 bridgehead atoms. The van der Waals surface area contributed by atoms with Crippen molar-refractivity contribution in [1.82, 2.24) is 10.9 Å². The smallest absolute Gasteiger partial charge is 0.279 e. The van der Waals surface area contributed by atoms with E-state index in [2.05, 4.69) is 10.9 Å². The summed E-state index contributed by atoms with van der Waals surface area (Å²) >= 11 is 12.0. The van der Waals surface area contributed by atoms with Crippen LogP contribution >= 0.6 is 23.2 Å². The molecule has 174 valence electrons. The molecule has 0 saturated heterocycles. The summed E-state index contributed by atoms with van der Waals surface area (Å²) < 4.78 is 22.4. The first-order valence-corrected chi connectivity index (χ1v) is 10.8. The van der Waals surface area contributed by atoms with E-state index in [1.54, 1.807) is 18.2 Å². The van der Waals surface area contributed by atoms with Crippen molar-refractivity contribution >= 4 is 35.0 Å². The van der Waals surface area contributed by atoms with Gasteiger partial charge in [0.15, 0.2) is 17.6 Å². The molecule has 0 heterocycles. The molecule has 8 nitrogen and oxygen atoms in total. The Balaban J connectivity index is 2.10. The molecule has 0 fully saturated rings. The highest BCUT2D eigenvalue weighted by atomic mass is 35.5. The summed E-state index contributed by atoms with van der Waals surface area (Å²) in [5, 5.41) is 0.495. The van der Waals surface area contributed by atoms with Crippen LogP contribution in [-0.4, -0.2) is 37.7 Å². The Morgan fingerprint density at radius 2 is 1.50 bits per heavy atom. The van der Waals surface area contributed by atoms with Crippen molar-refractivity contribution in [2.75, 3.05) is 19.8 Å². The van der Waals surface area contributed by atoms with E-state index in [9.17, 15) is 9.59 Å². The number of carbonyl (C=O) groups is 2. The lowest BCUT2D eigenvalue weighted by Crippen LogP contribution is -2.47. The second-order valence-corrected chi connectivity index (χ2v) is 7.14. The molecule has 0 radical (unpaired) electrons. The van der Waals surface area contributed by atoms with E-state index in [0.717, 1.165) is 0 Å². The van der Waals surface area contributed by atoms with E-state index < -0.39 is 17.9 Å². The SMILES string of the molecule is CCOc1cc(C(=O)NNC(=O)C(C)Oc2cccc(Cl)c2Cl)cc(OCC)c1OCC. The normalized spacial score (nSPS) is 11.3. The number of amides is 2. The van der Waals surface area contributed by atoms with E-state index >= 15 is 0 Å². The van der Waals surface area contributed by atoms with Crippen LogP contribution in [0.5, 0.6) is 23.0 Å². The van der Waals surface area contributed by atoms with Gasteiger partial charge >= 0.3 is 0 Å². The van der Waals surface area contributed by atoms with Gasteiger partial charge in [-0.3, -0.25) is 20.4 Å². The number of hydrazine groups is 1. The second kappa shape index (κ2) is 12.3. The van der Waals surface area contributed by atoms with Gasteiger partial charge in [0.05, 0.1) is 24.8 Å². The molecule has 2 rings (SSSR count). The van der Waals surface area contributed by atoms with Crippen molar-refractivity contribution in [3.8, 4) is 23.0 Å². The maximum Gasteiger partial charge on any atom is 0.279 e. The zero-order valence-electron chi connectivity index (χ0n) is 18.3. The monoisotopic (exact) mass is 484 g/mol. The van der Waals surface area contributed by atoms with Gasteiger partial charge in [0.1, 0.15) is 10.8 Å². The van der Waals surface area contributed by atoms with Crippen molar-refractivity contribution in [3.05, 3.63) is 45.9 Å². The van der Waals surface area contributed by atoms with Crippen LogP contribution < -0.4 is 29.8 Å². The lowest BCUT2D eigenvalue weighted by atomic mass is 10.1. The van der Waals surface area contributed by atoms with Gasteiger partial charge in [0.25, 0.3) is 11.8 Å². The zero-order valence-corrected chi connectivity index (χ0v) is 19.8. The molecule has 1 unspecified atom stereocenters. The highest BCUT2D eigenvalue weighted by Crippen LogP contribution is 2.39. The summed E-state index contributed by atoms with van der Waals surface area (Å²) in [6.07, 6.45) is -0.954. The maximum absolute atomic E-state index is 12.7. The van der Waals surface area contributed by atoms with E-state index in [-0.39, 0.29) is 16.3 Å². The number of ether oxygens (including phenoxy) is 4. The predicted octanol–water partition coefficient (Wildman–Crippen LogP) is 4.42. The number of hydrogen-bond donors (Lipinski definition) is 2. The summed E-state index contributed by atoms with van der Waals surface area (Å²) in [7, 11) is 0. The Labute approximate surface area is 197 Å². The summed E-state index contributed by atoms with van der Waals surface area (Å²) in [4.78, 5) is 25.0. The number of nitrogens with one attached hydrogen (secondary N) is 2. The molecule has 10 heteroatoms. The Morgan fingerprint density at radius 1 is 0.906 bits per heavy atom. The molecule has 0 aromatic heterocycles. The average molecular weight is 485 g/mol. The number of halogens is 2. The third kappa shape index (κ3) is 6.58. The fourth-order valence-electron chi connectivity index (χ4n) is 2.63. The summed E-state index contributed by atoms with van der Waals surface area (Å²) in [5.41, 5.74) is 4.89. The number of benzene rings is 2. The van der Waals surface area contributed by atoms with Gasteiger partial charge in [-0.1, -0.05) is 29.3 Å². The molecule has 2 N–H and O–H groups in total. The van der Waals surface area contributed by atoms with Gasteiger partial charge in [-0.25, -0.2) is 0 Å². The van der Waals surface area contributed by atoms with Crippen LogP contribution in [0.4, 0.5) is 0 Å². The van der Waals surface area contributed by atoms with Crippen molar-refractivity contribution in [3.63, 3.8) is 0 Å². The molecule has 1 atom stereocenters. The number of carbonyl (C=O) groups excluding carboxylic acids is 2. The maximum atomic E-state index is 12.7. The Hall–Kier alpha value is -2.84. The van der Waals surface area contributed by atoms with Crippen LogP contribution in [0, 0.1) is 0 Å². The van der Waals surface area contributed by atoms with Gasteiger partial charge < -0.3 is 18.9 Å². The first kappa shape index (κ1) is 25.4. The lowest BCUT2D eigenvalue weighted by Gasteiger charge is -2.18. The van der Waals surface area contributed by atoms with E-state index in [1.165, 1.54) is 19.1 Å². The minimum Gasteiger partial charge on any atom is -0.490 e. The second-order valence-electron chi connectivity index (χ2n) is 6.36. The van der Waals surface area contributed by atoms with Crippen LogP contribution in [-0.2, 0) is 4.79 Å².